The van der Waals surface area contributed by atoms with Gasteiger partial charge in [-0.2, -0.15) is 0 Å². The van der Waals surface area contributed by atoms with E-state index in [9.17, 15) is 0 Å². The van der Waals surface area contributed by atoms with Crippen molar-refractivity contribution in [2.24, 2.45) is 0 Å². The third kappa shape index (κ3) is 3.70. The van der Waals surface area contributed by atoms with E-state index in [4.69, 9.17) is 32.5 Å². The zero-order chi connectivity index (χ0) is 13.7. The summed E-state index contributed by atoms with van der Waals surface area (Å²) in [7, 11) is 1.67. The number of ether oxygens (including phenoxy) is 1. The van der Waals surface area contributed by atoms with Gasteiger partial charge in [0.25, 0.3) is 0 Å². The predicted octanol–water partition coefficient (Wildman–Crippen LogP) is 3.38. The molecule has 102 valence electrons. The molecule has 0 aliphatic heterocycles. The monoisotopic (exact) mass is 300 g/mol. The number of aromatic nitrogens is 1. The van der Waals surface area contributed by atoms with Gasteiger partial charge in [0.15, 0.2) is 5.76 Å². The lowest BCUT2D eigenvalue weighted by atomic mass is 10.1. The lowest BCUT2D eigenvalue weighted by Gasteiger charge is -2.05. The predicted molar refractivity (Wildman–Crippen MR) is 75.5 cm³/mol. The fourth-order valence-corrected chi connectivity index (χ4v) is 2.17. The third-order valence-corrected chi connectivity index (χ3v) is 3.17. The zero-order valence-electron chi connectivity index (χ0n) is 10.5. The van der Waals surface area contributed by atoms with Crippen LogP contribution < -0.4 is 5.32 Å². The Bertz CT molecular complexity index is 543. The van der Waals surface area contributed by atoms with E-state index in [2.05, 4.69) is 10.5 Å². The fourth-order valence-electron chi connectivity index (χ4n) is 1.68. The van der Waals surface area contributed by atoms with Crippen LogP contribution in [0, 0.1) is 0 Å². The van der Waals surface area contributed by atoms with Gasteiger partial charge >= 0.3 is 0 Å². The molecule has 6 heteroatoms. The summed E-state index contributed by atoms with van der Waals surface area (Å²) in [6.45, 7) is 2.05. The minimum Gasteiger partial charge on any atom is -0.383 e. The van der Waals surface area contributed by atoms with Crippen LogP contribution in [0.15, 0.2) is 28.9 Å². The summed E-state index contributed by atoms with van der Waals surface area (Å²) in [4.78, 5) is 0. The Kier molecular flexibility index (Phi) is 5.22. The van der Waals surface area contributed by atoms with Gasteiger partial charge < -0.3 is 14.6 Å². The molecule has 0 fully saturated rings. The molecule has 0 atom stereocenters. The molecule has 0 radical (unpaired) electrons. The van der Waals surface area contributed by atoms with Gasteiger partial charge in [0.1, 0.15) is 0 Å². The Balaban J connectivity index is 2.14. The van der Waals surface area contributed by atoms with Crippen molar-refractivity contribution in [2.75, 3.05) is 20.3 Å². The number of rotatable bonds is 6. The fraction of sp³-hybridized carbons (Fsp3) is 0.308. The zero-order valence-corrected chi connectivity index (χ0v) is 12.0. The molecule has 4 nitrogen and oxygen atoms in total. The van der Waals surface area contributed by atoms with Crippen molar-refractivity contribution in [1.82, 2.24) is 10.5 Å². The van der Waals surface area contributed by atoms with E-state index in [-0.39, 0.29) is 0 Å². The Morgan fingerprint density at radius 1 is 1.37 bits per heavy atom. The maximum absolute atomic E-state index is 6.16. The van der Waals surface area contributed by atoms with Crippen molar-refractivity contribution in [3.8, 4) is 11.3 Å². The molecular formula is C13H14Cl2N2O2. The Morgan fingerprint density at radius 2 is 2.21 bits per heavy atom. The van der Waals surface area contributed by atoms with E-state index in [1.54, 1.807) is 25.4 Å². The number of halogens is 2. The van der Waals surface area contributed by atoms with Crippen molar-refractivity contribution in [2.45, 2.75) is 6.54 Å². The van der Waals surface area contributed by atoms with E-state index in [1.165, 1.54) is 0 Å². The quantitative estimate of drug-likeness (QED) is 0.831. The van der Waals surface area contributed by atoms with Crippen LogP contribution in [0.4, 0.5) is 0 Å². The molecule has 1 aromatic heterocycles. The van der Waals surface area contributed by atoms with Crippen LogP contribution in [0.2, 0.25) is 10.0 Å². The summed E-state index contributed by atoms with van der Waals surface area (Å²) in [6, 6.07) is 5.28. The third-order valence-electron chi connectivity index (χ3n) is 2.62. The minimum atomic E-state index is 0.544. The Morgan fingerprint density at radius 3 is 2.95 bits per heavy atom. The average Bonchev–Trinajstić information content (AvgIpc) is 2.83. The average molecular weight is 301 g/mol. The summed E-state index contributed by atoms with van der Waals surface area (Å²) in [5.41, 5.74) is 1.73. The Labute approximate surface area is 121 Å². The molecule has 0 saturated carbocycles. The first kappa shape index (κ1) is 14.3. The molecule has 0 unspecified atom stereocenters. The molecule has 0 amide bonds. The molecule has 19 heavy (non-hydrogen) atoms. The van der Waals surface area contributed by atoms with Gasteiger partial charge in [0.05, 0.1) is 17.8 Å². The highest BCUT2D eigenvalue weighted by Crippen LogP contribution is 2.32. The number of benzene rings is 1. The van der Waals surface area contributed by atoms with Gasteiger partial charge in [0, 0.05) is 36.3 Å². The van der Waals surface area contributed by atoms with Crippen molar-refractivity contribution in [3.05, 3.63) is 40.0 Å². The first-order valence-electron chi connectivity index (χ1n) is 5.81. The summed E-state index contributed by atoms with van der Waals surface area (Å²) in [6.07, 6.45) is 1.68. The standard InChI is InChI=1S/C13H14Cl2N2O2/c1-18-5-4-16-7-9-8-17-19-13(9)11-3-2-10(14)6-12(11)15/h2-3,6,8,16H,4-5,7H2,1H3. The smallest absolute Gasteiger partial charge is 0.172 e. The van der Waals surface area contributed by atoms with E-state index >= 15 is 0 Å². The van der Waals surface area contributed by atoms with Crippen LogP contribution in [-0.4, -0.2) is 25.4 Å². The van der Waals surface area contributed by atoms with Crippen LogP contribution in [-0.2, 0) is 11.3 Å². The second-order valence-corrected chi connectivity index (χ2v) is 4.82. The number of methoxy groups -OCH3 is 1. The summed E-state index contributed by atoms with van der Waals surface area (Å²) >= 11 is 12.0. The molecule has 1 heterocycles. The lowest BCUT2D eigenvalue weighted by Crippen LogP contribution is -2.18. The van der Waals surface area contributed by atoms with Crippen LogP contribution in [0.1, 0.15) is 5.56 Å². The molecule has 0 saturated heterocycles. The number of nitrogens with zero attached hydrogens (tertiary/aromatic N) is 1. The van der Waals surface area contributed by atoms with Crippen molar-refractivity contribution in [1.29, 1.82) is 0 Å². The maximum atomic E-state index is 6.16. The first-order chi connectivity index (χ1) is 9.22. The highest BCUT2D eigenvalue weighted by molar-refractivity contribution is 6.36. The highest BCUT2D eigenvalue weighted by Gasteiger charge is 2.13. The maximum Gasteiger partial charge on any atom is 0.172 e. The first-order valence-corrected chi connectivity index (χ1v) is 6.56. The minimum absolute atomic E-state index is 0.544. The number of hydrogen-bond acceptors (Lipinski definition) is 4. The van der Waals surface area contributed by atoms with Gasteiger partial charge in [-0.3, -0.25) is 0 Å². The molecule has 2 aromatic rings. The van der Waals surface area contributed by atoms with Crippen molar-refractivity contribution >= 4 is 23.2 Å². The molecular weight excluding hydrogens is 287 g/mol. The van der Waals surface area contributed by atoms with Gasteiger partial charge in [-0.1, -0.05) is 28.4 Å². The van der Waals surface area contributed by atoms with Crippen LogP contribution in [0.5, 0.6) is 0 Å². The highest BCUT2D eigenvalue weighted by atomic mass is 35.5. The Hall–Kier alpha value is -1.07. The lowest BCUT2D eigenvalue weighted by molar-refractivity contribution is 0.199. The number of hydrogen-bond donors (Lipinski definition) is 1. The molecule has 0 bridgehead atoms. The van der Waals surface area contributed by atoms with E-state index < -0.39 is 0 Å². The second kappa shape index (κ2) is 6.91. The SMILES string of the molecule is COCCNCc1cnoc1-c1ccc(Cl)cc1Cl. The largest absolute Gasteiger partial charge is 0.383 e. The van der Waals surface area contributed by atoms with E-state index in [0.717, 1.165) is 17.7 Å². The summed E-state index contributed by atoms with van der Waals surface area (Å²) < 4.78 is 10.3. The molecule has 0 aliphatic rings. The molecule has 0 aliphatic carbocycles. The van der Waals surface area contributed by atoms with E-state index in [0.29, 0.717) is 29.0 Å². The summed E-state index contributed by atoms with van der Waals surface area (Å²) in [5, 5.41) is 8.19. The van der Waals surface area contributed by atoms with Gasteiger partial charge in [-0.25, -0.2) is 0 Å². The van der Waals surface area contributed by atoms with Crippen molar-refractivity contribution in [3.63, 3.8) is 0 Å². The van der Waals surface area contributed by atoms with Gasteiger partial charge in [0.2, 0.25) is 0 Å². The van der Waals surface area contributed by atoms with E-state index in [1.807, 2.05) is 6.07 Å². The number of nitrogens with one attached hydrogen (secondary N) is 1. The molecule has 0 spiro atoms. The van der Waals surface area contributed by atoms with Gasteiger partial charge in [-0.15, -0.1) is 0 Å². The second-order valence-electron chi connectivity index (χ2n) is 3.97. The van der Waals surface area contributed by atoms with Crippen LogP contribution in [0.3, 0.4) is 0 Å². The topological polar surface area (TPSA) is 47.3 Å². The normalized spacial score (nSPS) is 10.9. The van der Waals surface area contributed by atoms with Crippen LogP contribution >= 0.6 is 23.2 Å². The van der Waals surface area contributed by atoms with Crippen molar-refractivity contribution < 1.29 is 9.26 Å². The molecule has 2 rings (SSSR count). The summed E-state index contributed by atoms with van der Waals surface area (Å²) in [5.74, 6) is 0.659. The molecule has 1 aromatic carbocycles. The van der Waals surface area contributed by atoms with Crippen LogP contribution in [0.25, 0.3) is 11.3 Å². The van der Waals surface area contributed by atoms with Gasteiger partial charge in [-0.05, 0) is 18.2 Å². The molecule has 1 N–H and O–H groups in total.